The number of nitrogens with zero attached hydrogens (tertiary/aromatic N) is 4. The predicted octanol–water partition coefficient (Wildman–Crippen LogP) is 1.90. The van der Waals surface area contributed by atoms with Gasteiger partial charge >= 0.3 is 6.18 Å². The van der Waals surface area contributed by atoms with E-state index in [2.05, 4.69) is 20.6 Å². The van der Waals surface area contributed by atoms with Crippen molar-refractivity contribution in [3.63, 3.8) is 0 Å². The molecule has 9 heteroatoms. The van der Waals surface area contributed by atoms with Crippen molar-refractivity contribution in [2.45, 2.75) is 12.7 Å². The number of anilines is 1. The molecule has 1 N–H and O–H groups in total. The van der Waals surface area contributed by atoms with E-state index in [9.17, 15) is 13.2 Å². The summed E-state index contributed by atoms with van der Waals surface area (Å²) in [4.78, 5) is 0. The number of hydrogen-bond donors (Lipinski definition) is 1. The Morgan fingerprint density at radius 2 is 2.18 bits per heavy atom. The largest absolute Gasteiger partial charge is 0.445 e. The molecule has 0 saturated heterocycles. The van der Waals surface area contributed by atoms with Gasteiger partial charge in [0.1, 0.15) is 0 Å². The van der Waals surface area contributed by atoms with E-state index >= 15 is 0 Å². The average Bonchev–Trinajstić information content (AvgIpc) is 2.82. The van der Waals surface area contributed by atoms with Crippen LogP contribution < -0.4 is 5.32 Å². The standard InChI is InChI=1S/C8H8F3N5S/c1-16-3-2-5(15-16)4-12-7-14-13-6(17-7)8(9,10)11/h2-3H,4H2,1H3,(H,12,14). The molecule has 0 fully saturated rings. The maximum Gasteiger partial charge on any atom is 0.445 e. The number of aromatic nitrogens is 4. The van der Waals surface area contributed by atoms with Gasteiger partial charge in [0.15, 0.2) is 0 Å². The minimum atomic E-state index is -4.44. The summed E-state index contributed by atoms with van der Waals surface area (Å²) >= 11 is 0.473. The molecule has 5 nitrogen and oxygen atoms in total. The van der Waals surface area contributed by atoms with E-state index in [1.807, 2.05) is 0 Å². The SMILES string of the molecule is Cn1ccc(CNc2nnc(C(F)(F)F)s2)n1. The molecule has 2 aromatic heterocycles. The number of alkyl halides is 3. The molecule has 2 heterocycles. The molecule has 0 saturated carbocycles. The number of nitrogens with one attached hydrogen (secondary N) is 1. The molecule has 0 unspecified atom stereocenters. The third kappa shape index (κ3) is 2.93. The zero-order chi connectivity index (χ0) is 12.5. The normalized spacial score (nSPS) is 11.8. The van der Waals surface area contributed by atoms with Crippen molar-refractivity contribution in [3.8, 4) is 0 Å². The molecule has 0 aliphatic heterocycles. The summed E-state index contributed by atoms with van der Waals surface area (Å²) in [6, 6.07) is 1.76. The smallest absolute Gasteiger partial charge is 0.354 e. The number of hydrogen-bond acceptors (Lipinski definition) is 5. The van der Waals surface area contributed by atoms with Crippen LogP contribution in [-0.2, 0) is 19.8 Å². The van der Waals surface area contributed by atoms with Crippen LogP contribution in [0.1, 0.15) is 10.7 Å². The van der Waals surface area contributed by atoms with Gasteiger partial charge in [-0.15, -0.1) is 10.2 Å². The van der Waals surface area contributed by atoms with E-state index in [4.69, 9.17) is 0 Å². The molecule has 0 radical (unpaired) electrons. The molecule has 2 aromatic rings. The van der Waals surface area contributed by atoms with E-state index in [0.29, 0.717) is 17.9 Å². The second-order valence-electron chi connectivity index (χ2n) is 3.24. The van der Waals surface area contributed by atoms with Crippen LogP contribution in [0.5, 0.6) is 0 Å². The third-order valence-corrected chi connectivity index (χ3v) is 2.78. The molecule has 0 bridgehead atoms. The number of rotatable bonds is 3. The fourth-order valence-corrected chi connectivity index (χ4v) is 1.74. The lowest BCUT2D eigenvalue weighted by atomic mass is 10.4. The Hall–Kier alpha value is -1.64. The first-order valence-corrected chi connectivity index (χ1v) is 5.40. The number of halogens is 3. The fraction of sp³-hybridized carbons (Fsp3) is 0.375. The summed E-state index contributed by atoms with van der Waals surface area (Å²) in [5.41, 5.74) is 0.719. The minimum Gasteiger partial charge on any atom is -0.354 e. The second kappa shape index (κ2) is 4.32. The van der Waals surface area contributed by atoms with Crippen molar-refractivity contribution >= 4 is 16.5 Å². The van der Waals surface area contributed by atoms with Gasteiger partial charge in [0.05, 0.1) is 12.2 Å². The van der Waals surface area contributed by atoms with Crippen molar-refractivity contribution < 1.29 is 13.2 Å². The molecular weight excluding hydrogens is 255 g/mol. The van der Waals surface area contributed by atoms with E-state index in [1.54, 1.807) is 24.0 Å². The minimum absolute atomic E-state index is 0.128. The summed E-state index contributed by atoms with van der Waals surface area (Å²) in [7, 11) is 1.76. The van der Waals surface area contributed by atoms with Crippen molar-refractivity contribution in [3.05, 3.63) is 23.0 Å². The van der Waals surface area contributed by atoms with Gasteiger partial charge in [-0.2, -0.15) is 18.3 Å². The Bertz CT molecular complexity index is 503. The van der Waals surface area contributed by atoms with Gasteiger partial charge in [-0.1, -0.05) is 11.3 Å². The molecule has 0 aromatic carbocycles. The van der Waals surface area contributed by atoms with E-state index in [0.717, 1.165) is 5.69 Å². The van der Waals surface area contributed by atoms with Gasteiger partial charge in [0, 0.05) is 13.2 Å². The third-order valence-electron chi connectivity index (χ3n) is 1.86. The van der Waals surface area contributed by atoms with Crippen molar-refractivity contribution in [1.29, 1.82) is 0 Å². The van der Waals surface area contributed by atoms with E-state index in [-0.39, 0.29) is 5.13 Å². The Balaban J connectivity index is 1.98. The fourth-order valence-electron chi connectivity index (χ4n) is 1.13. The summed E-state index contributed by atoms with van der Waals surface area (Å²) in [5.74, 6) is 0. The van der Waals surface area contributed by atoms with Crippen LogP contribution in [0, 0.1) is 0 Å². The van der Waals surface area contributed by atoms with Gasteiger partial charge in [0.25, 0.3) is 0 Å². The molecule has 0 amide bonds. The Kier molecular flexibility index (Phi) is 3.01. The molecule has 0 spiro atoms. The molecule has 17 heavy (non-hydrogen) atoms. The maximum absolute atomic E-state index is 12.2. The summed E-state index contributed by atoms with van der Waals surface area (Å²) < 4.78 is 38.3. The summed E-state index contributed by atoms with van der Waals surface area (Å²) in [5, 5.41) is 12.4. The van der Waals surface area contributed by atoms with Crippen molar-refractivity contribution in [2.75, 3.05) is 5.32 Å². The van der Waals surface area contributed by atoms with Gasteiger partial charge in [-0.25, -0.2) is 0 Å². The van der Waals surface area contributed by atoms with Crippen LogP contribution in [0.4, 0.5) is 18.3 Å². The topological polar surface area (TPSA) is 55.6 Å². The van der Waals surface area contributed by atoms with Crippen LogP contribution in [0.3, 0.4) is 0 Å². The zero-order valence-corrected chi connectivity index (χ0v) is 9.51. The van der Waals surface area contributed by atoms with Crippen LogP contribution in [-0.4, -0.2) is 20.0 Å². The molecule has 2 rings (SSSR count). The second-order valence-corrected chi connectivity index (χ2v) is 4.22. The van der Waals surface area contributed by atoms with Gasteiger partial charge in [-0.05, 0) is 6.07 Å². The highest BCUT2D eigenvalue weighted by molar-refractivity contribution is 7.15. The van der Waals surface area contributed by atoms with Crippen LogP contribution >= 0.6 is 11.3 Å². The predicted molar refractivity (Wildman–Crippen MR) is 55.4 cm³/mol. The zero-order valence-electron chi connectivity index (χ0n) is 8.69. The lowest BCUT2D eigenvalue weighted by molar-refractivity contribution is -0.138. The van der Waals surface area contributed by atoms with E-state index < -0.39 is 11.2 Å². The van der Waals surface area contributed by atoms with Gasteiger partial charge in [0.2, 0.25) is 10.1 Å². The monoisotopic (exact) mass is 263 g/mol. The molecule has 0 aliphatic carbocycles. The average molecular weight is 263 g/mol. The molecule has 0 atom stereocenters. The highest BCUT2D eigenvalue weighted by atomic mass is 32.1. The first-order valence-electron chi connectivity index (χ1n) is 4.58. The molecule has 0 aliphatic rings. The van der Waals surface area contributed by atoms with Gasteiger partial charge < -0.3 is 5.32 Å². The molecule has 92 valence electrons. The number of aryl methyl sites for hydroxylation is 1. The lowest BCUT2D eigenvalue weighted by Gasteiger charge is -1.99. The molecular formula is C8H8F3N5S. The Morgan fingerprint density at radius 3 is 2.71 bits per heavy atom. The summed E-state index contributed by atoms with van der Waals surface area (Å²) in [6.45, 7) is 0.313. The first kappa shape index (κ1) is 11.8. The highest BCUT2D eigenvalue weighted by Gasteiger charge is 2.35. The maximum atomic E-state index is 12.2. The Labute approximate surface area is 98.3 Å². The van der Waals surface area contributed by atoms with Gasteiger partial charge in [-0.3, -0.25) is 4.68 Å². The summed E-state index contributed by atoms with van der Waals surface area (Å²) in [6.07, 6.45) is -2.69. The van der Waals surface area contributed by atoms with Crippen LogP contribution in [0.2, 0.25) is 0 Å². The Morgan fingerprint density at radius 1 is 1.41 bits per heavy atom. The quantitative estimate of drug-likeness (QED) is 0.919. The first-order chi connectivity index (χ1) is 7.95. The lowest BCUT2D eigenvalue weighted by Crippen LogP contribution is -2.03. The van der Waals surface area contributed by atoms with Crippen molar-refractivity contribution in [2.24, 2.45) is 7.05 Å². The van der Waals surface area contributed by atoms with Crippen LogP contribution in [0.15, 0.2) is 12.3 Å². The van der Waals surface area contributed by atoms with Crippen molar-refractivity contribution in [1.82, 2.24) is 20.0 Å². The van der Waals surface area contributed by atoms with Crippen LogP contribution in [0.25, 0.3) is 0 Å². The van der Waals surface area contributed by atoms with E-state index in [1.165, 1.54) is 0 Å². The highest BCUT2D eigenvalue weighted by Crippen LogP contribution is 2.32.